The molecular weight excluding hydrogens is 430 g/mol. The third-order valence-corrected chi connectivity index (χ3v) is 6.55. The summed E-state index contributed by atoms with van der Waals surface area (Å²) in [6.45, 7) is 5.73. The number of hydrogen-bond donors (Lipinski definition) is 1. The number of aryl methyl sites for hydroxylation is 1. The first-order valence-corrected chi connectivity index (χ1v) is 11.1. The van der Waals surface area contributed by atoms with Crippen LogP contribution in [-0.2, 0) is 16.9 Å². The zero-order chi connectivity index (χ0) is 24.0. The largest absolute Gasteiger partial charge is 0.458 e. The molecule has 2 aromatic heterocycles. The summed E-state index contributed by atoms with van der Waals surface area (Å²) in [5.41, 5.74) is 2.62. The summed E-state index contributed by atoms with van der Waals surface area (Å²) in [6, 6.07) is 20.3. The Bertz CT molecular complexity index is 1400. The van der Waals surface area contributed by atoms with Gasteiger partial charge in [-0.25, -0.2) is 4.79 Å². The number of fused-ring (bicyclic) bond motifs is 1. The number of urea groups is 1. The number of Topliss-reactive ketones (excluding diaryl/α,β-unsaturated/α-hetero) is 1. The molecule has 0 aliphatic carbocycles. The molecule has 0 spiro atoms. The molecule has 172 valence electrons. The van der Waals surface area contributed by atoms with Gasteiger partial charge in [0.1, 0.15) is 11.3 Å². The highest BCUT2D eigenvalue weighted by atomic mass is 16.3. The normalized spacial score (nSPS) is 18.0. The third kappa shape index (κ3) is 3.50. The summed E-state index contributed by atoms with van der Waals surface area (Å²) < 4.78 is 7.92. The number of aromatic nitrogens is 1. The standard InChI is InChI=1S/C27H25N3O4/c1-17-13-21(18(2)29(17)15-19-9-5-4-6-10-19)22(31)16-30-25(32)27(3,28-26(30)33)24-14-20-11-7-8-12-23(20)34-24/h4-14H,15-16H2,1-3H3,(H,28,33)/t27-/m1/s1. The van der Waals surface area contributed by atoms with Gasteiger partial charge in [-0.3, -0.25) is 14.5 Å². The Hall–Kier alpha value is -4.13. The third-order valence-electron chi connectivity index (χ3n) is 6.55. The van der Waals surface area contributed by atoms with Crippen LogP contribution in [0, 0.1) is 13.8 Å². The highest BCUT2D eigenvalue weighted by molar-refractivity contribution is 6.11. The summed E-state index contributed by atoms with van der Waals surface area (Å²) in [5, 5.41) is 3.55. The highest BCUT2D eigenvalue weighted by Crippen LogP contribution is 2.33. The van der Waals surface area contributed by atoms with Gasteiger partial charge in [0.2, 0.25) is 0 Å². The molecule has 2 aromatic carbocycles. The predicted molar refractivity (Wildman–Crippen MR) is 128 cm³/mol. The van der Waals surface area contributed by atoms with E-state index in [0.717, 1.165) is 27.2 Å². The van der Waals surface area contributed by atoms with Crippen LogP contribution in [0.1, 0.15) is 40.0 Å². The SMILES string of the molecule is Cc1cc(C(=O)CN2C(=O)N[C@](C)(c3cc4ccccc4o3)C2=O)c(C)n1Cc1ccccc1. The van der Waals surface area contributed by atoms with Crippen LogP contribution < -0.4 is 5.32 Å². The number of para-hydroxylation sites is 1. The maximum atomic E-state index is 13.3. The summed E-state index contributed by atoms with van der Waals surface area (Å²) in [7, 11) is 0. The number of nitrogens with one attached hydrogen (secondary N) is 1. The summed E-state index contributed by atoms with van der Waals surface area (Å²) in [4.78, 5) is 40.2. The van der Waals surface area contributed by atoms with Crippen LogP contribution in [0.4, 0.5) is 4.79 Å². The van der Waals surface area contributed by atoms with E-state index in [0.29, 0.717) is 23.5 Å². The number of ketones is 1. The van der Waals surface area contributed by atoms with Gasteiger partial charge in [0.05, 0.1) is 6.54 Å². The second-order valence-electron chi connectivity index (χ2n) is 8.87. The Kier molecular flexibility index (Phi) is 5.12. The topological polar surface area (TPSA) is 84.6 Å². The molecule has 7 heteroatoms. The van der Waals surface area contributed by atoms with Crippen LogP contribution in [0.15, 0.2) is 71.1 Å². The fourth-order valence-electron chi connectivity index (χ4n) is 4.56. The first-order valence-electron chi connectivity index (χ1n) is 11.1. The molecular formula is C27H25N3O4. The van der Waals surface area contributed by atoms with E-state index in [1.54, 1.807) is 19.1 Å². The van der Waals surface area contributed by atoms with E-state index >= 15 is 0 Å². The lowest BCUT2D eigenvalue weighted by molar-refractivity contribution is -0.131. The van der Waals surface area contributed by atoms with Gasteiger partial charge in [-0.1, -0.05) is 48.5 Å². The van der Waals surface area contributed by atoms with Crippen molar-refractivity contribution in [3.63, 3.8) is 0 Å². The monoisotopic (exact) mass is 455 g/mol. The van der Waals surface area contributed by atoms with Crippen LogP contribution in [0.3, 0.4) is 0 Å². The van der Waals surface area contributed by atoms with Crippen molar-refractivity contribution in [2.24, 2.45) is 0 Å². The molecule has 1 saturated heterocycles. The molecule has 1 N–H and O–H groups in total. The molecule has 0 unspecified atom stereocenters. The van der Waals surface area contributed by atoms with Crippen molar-refractivity contribution < 1.29 is 18.8 Å². The van der Waals surface area contributed by atoms with Crippen LogP contribution in [0.25, 0.3) is 11.0 Å². The number of benzene rings is 2. The van der Waals surface area contributed by atoms with Gasteiger partial charge in [-0.2, -0.15) is 0 Å². The Morgan fingerprint density at radius 2 is 1.71 bits per heavy atom. The second kappa shape index (κ2) is 8.02. The maximum Gasteiger partial charge on any atom is 0.325 e. The number of carbonyl (C=O) groups is 3. The molecule has 1 atom stereocenters. The van der Waals surface area contributed by atoms with E-state index in [4.69, 9.17) is 4.42 Å². The Morgan fingerprint density at radius 1 is 1.00 bits per heavy atom. The van der Waals surface area contributed by atoms with Gasteiger partial charge in [0.15, 0.2) is 11.3 Å². The molecule has 3 heterocycles. The number of nitrogens with zero attached hydrogens (tertiary/aromatic N) is 2. The van der Waals surface area contributed by atoms with E-state index in [1.807, 2.05) is 68.4 Å². The van der Waals surface area contributed by atoms with Gasteiger partial charge in [0.25, 0.3) is 5.91 Å². The highest BCUT2D eigenvalue weighted by Gasteiger charge is 2.51. The Labute approximate surface area is 197 Å². The molecule has 4 aromatic rings. The maximum absolute atomic E-state index is 13.3. The number of rotatable bonds is 6. The average Bonchev–Trinajstić information content (AvgIpc) is 3.45. The molecule has 7 nitrogen and oxygen atoms in total. The molecule has 0 saturated carbocycles. The van der Waals surface area contributed by atoms with E-state index in [1.165, 1.54) is 0 Å². The summed E-state index contributed by atoms with van der Waals surface area (Å²) >= 11 is 0. The van der Waals surface area contributed by atoms with Crippen molar-refractivity contribution in [2.45, 2.75) is 32.9 Å². The summed E-state index contributed by atoms with van der Waals surface area (Å²) in [6.07, 6.45) is 0. The molecule has 1 fully saturated rings. The van der Waals surface area contributed by atoms with Crippen molar-refractivity contribution in [1.82, 2.24) is 14.8 Å². The zero-order valence-electron chi connectivity index (χ0n) is 19.3. The quantitative estimate of drug-likeness (QED) is 0.342. The minimum absolute atomic E-state index is 0.287. The molecule has 1 aliphatic rings. The number of amides is 3. The predicted octanol–water partition coefficient (Wildman–Crippen LogP) is 4.55. The van der Waals surface area contributed by atoms with E-state index in [-0.39, 0.29) is 12.3 Å². The van der Waals surface area contributed by atoms with E-state index in [9.17, 15) is 14.4 Å². The lowest BCUT2D eigenvalue weighted by atomic mass is 9.98. The lowest BCUT2D eigenvalue weighted by Gasteiger charge is -2.18. The molecule has 0 bridgehead atoms. The van der Waals surface area contributed by atoms with Crippen molar-refractivity contribution in [3.05, 3.63) is 95.0 Å². The van der Waals surface area contributed by atoms with Crippen molar-refractivity contribution >= 4 is 28.7 Å². The second-order valence-corrected chi connectivity index (χ2v) is 8.87. The van der Waals surface area contributed by atoms with Crippen molar-refractivity contribution in [3.8, 4) is 0 Å². The van der Waals surface area contributed by atoms with Crippen LogP contribution in [0.2, 0.25) is 0 Å². The first-order chi connectivity index (χ1) is 16.3. The molecule has 3 amide bonds. The molecule has 1 aliphatic heterocycles. The van der Waals surface area contributed by atoms with Gasteiger partial charge in [0, 0.05) is 28.9 Å². The van der Waals surface area contributed by atoms with Crippen molar-refractivity contribution in [2.75, 3.05) is 6.54 Å². The van der Waals surface area contributed by atoms with Crippen molar-refractivity contribution in [1.29, 1.82) is 0 Å². The summed E-state index contributed by atoms with van der Waals surface area (Å²) in [5.74, 6) is -0.462. The zero-order valence-corrected chi connectivity index (χ0v) is 19.3. The molecule has 34 heavy (non-hydrogen) atoms. The fraction of sp³-hybridized carbons (Fsp3) is 0.222. The number of hydrogen-bond acceptors (Lipinski definition) is 4. The van der Waals surface area contributed by atoms with E-state index < -0.39 is 17.5 Å². The van der Waals surface area contributed by atoms with Crippen LogP contribution in [0.5, 0.6) is 0 Å². The number of furan rings is 1. The van der Waals surface area contributed by atoms with Crippen LogP contribution >= 0.6 is 0 Å². The fourth-order valence-corrected chi connectivity index (χ4v) is 4.56. The lowest BCUT2D eigenvalue weighted by Crippen LogP contribution is -2.41. The first kappa shape index (κ1) is 21.7. The molecule has 5 rings (SSSR count). The van der Waals surface area contributed by atoms with Crippen LogP contribution in [-0.4, -0.2) is 33.7 Å². The van der Waals surface area contributed by atoms with E-state index in [2.05, 4.69) is 9.88 Å². The Morgan fingerprint density at radius 3 is 2.44 bits per heavy atom. The minimum Gasteiger partial charge on any atom is -0.458 e. The van der Waals surface area contributed by atoms with Gasteiger partial charge in [-0.15, -0.1) is 0 Å². The smallest absolute Gasteiger partial charge is 0.325 e. The molecule has 0 radical (unpaired) electrons. The van der Waals surface area contributed by atoms with Gasteiger partial charge < -0.3 is 14.3 Å². The van der Waals surface area contributed by atoms with Gasteiger partial charge >= 0.3 is 6.03 Å². The number of imide groups is 1. The Balaban J connectivity index is 1.38. The average molecular weight is 456 g/mol. The number of carbonyl (C=O) groups excluding carboxylic acids is 3. The minimum atomic E-state index is -1.37. The van der Waals surface area contributed by atoms with Gasteiger partial charge in [-0.05, 0) is 44.5 Å².